The first kappa shape index (κ1) is 29.4. The number of hydrogen-bond acceptors (Lipinski definition) is 8. The molecule has 0 fully saturated rings. The molecule has 0 bridgehead atoms. The molecule has 0 saturated carbocycles. The van der Waals surface area contributed by atoms with Gasteiger partial charge in [-0.15, -0.1) is 0 Å². The van der Waals surface area contributed by atoms with Crippen molar-refractivity contribution in [2.75, 3.05) is 7.11 Å². The molecule has 0 spiro atoms. The number of aryl methyl sites for hydroxylation is 1. The highest BCUT2D eigenvalue weighted by molar-refractivity contribution is 6.04. The summed E-state index contributed by atoms with van der Waals surface area (Å²) in [6, 6.07) is 7.90. The first-order valence-electron chi connectivity index (χ1n) is 12.1. The van der Waals surface area contributed by atoms with Gasteiger partial charge in [-0.2, -0.15) is 0 Å². The number of fused-ring (bicyclic) bond motifs is 3. The molecule has 208 valence electrons. The van der Waals surface area contributed by atoms with Gasteiger partial charge in [-0.05, 0) is 44.5 Å². The maximum atomic E-state index is 12.9. The fourth-order valence-electron chi connectivity index (χ4n) is 3.94. The number of aromatic nitrogens is 4. The summed E-state index contributed by atoms with van der Waals surface area (Å²) in [7, 11) is 3.40. The summed E-state index contributed by atoms with van der Waals surface area (Å²) in [5.41, 5.74) is 3.91. The molecular weight excluding hydrogens is 508 g/mol. The van der Waals surface area contributed by atoms with Gasteiger partial charge < -0.3 is 25.2 Å². The van der Waals surface area contributed by atoms with Gasteiger partial charge in [0.15, 0.2) is 6.10 Å². The Bertz CT molecular complexity index is 1570. The normalized spacial score (nSPS) is 13.1. The Kier molecular flexibility index (Phi) is 8.85. The van der Waals surface area contributed by atoms with E-state index in [1.54, 1.807) is 55.7 Å². The largest absolute Gasteiger partial charge is 0.481 e. The van der Waals surface area contributed by atoms with Crippen molar-refractivity contribution in [3.8, 4) is 11.1 Å². The van der Waals surface area contributed by atoms with Crippen LogP contribution >= 0.6 is 0 Å². The number of rotatable bonds is 8. The summed E-state index contributed by atoms with van der Waals surface area (Å²) >= 11 is 0. The van der Waals surface area contributed by atoms with Crippen molar-refractivity contribution >= 4 is 33.9 Å². The molecule has 1 aromatic carbocycles. The zero-order chi connectivity index (χ0) is 29.1. The average Bonchev–Trinajstić information content (AvgIpc) is 3.12. The minimum absolute atomic E-state index is 0.0979. The minimum atomic E-state index is -1.79. The lowest BCUT2D eigenvalue weighted by Gasteiger charge is -2.18. The number of methoxy groups -OCH3 is 1. The Labute approximate surface area is 223 Å². The van der Waals surface area contributed by atoms with E-state index in [2.05, 4.69) is 9.97 Å². The maximum Gasteiger partial charge on any atom is 0.333 e. The molecule has 4 aromatic rings. The van der Waals surface area contributed by atoms with E-state index in [0.29, 0.717) is 6.54 Å². The van der Waals surface area contributed by atoms with Crippen molar-refractivity contribution in [2.45, 2.75) is 51.5 Å². The number of benzene rings is 1. The van der Waals surface area contributed by atoms with Crippen LogP contribution in [0.5, 0.6) is 0 Å². The number of pyridine rings is 2. The number of aliphatic hydroxyl groups excluding tert-OH is 1. The van der Waals surface area contributed by atoms with Crippen molar-refractivity contribution < 1.29 is 34.8 Å². The van der Waals surface area contributed by atoms with Crippen LogP contribution in [-0.2, 0) is 33.5 Å². The number of nitrogens with zero attached hydrogens (tertiary/aromatic N) is 4. The molecule has 39 heavy (non-hydrogen) atoms. The Morgan fingerprint density at radius 2 is 1.79 bits per heavy atom. The molecule has 12 heteroatoms. The molecule has 0 unspecified atom stereocenters. The van der Waals surface area contributed by atoms with Crippen LogP contribution in [-0.4, -0.2) is 70.8 Å². The Balaban J connectivity index is 0.000000403. The second-order valence-corrected chi connectivity index (χ2v) is 9.70. The van der Waals surface area contributed by atoms with E-state index in [0.717, 1.165) is 38.6 Å². The number of hydrogen-bond donors (Lipinski definition) is 4. The predicted octanol–water partition coefficient (Wildman–Crippen LogP) is 2.12. The first-order valence-corrected chi connectivity index (χ1v) is 12.1. The van der Waals surface area contributed by atoms with E-state index in [9.17, 15) is 19.5 Å². The number of carbonyl (C=O) groups is 2. The third kappa shape index (κ3) is 6.66. The lowest BCUT2D eigenvalue weighted by atomic mass is 9.96. The standard InChI is InChI=1S/C23H26N4O3.C4H6O5/c1-14(30-5)13-27-21-18-9-15(16-8-17(11-24-10-16)23(2,3)29)6-7-19(18)25-12-20(21)26(4)22(27)28;5-2(4(8)9)1-3(6)7/h6-12,14,29H,13H2,1-5H3;2,5H,1H2,(H,6,7)(H,8,9)/t14-;2-/m00/s1. The summed E-state index contributed by atoms with van der Waals surface area (Å²) in [6.45, 7) is 5.86. The van der Waals surface area contributed by atoms with Gasteiger partial charge in [-0.3, -0.25) is 23.9 Å². The van der Waals surface area contributed by atoms with Gasteiger partial charge in [0.05, 0.1) is 47.4 Å². The second kappa shape index (κ2) is 11.7. The van der Waals surface area contributed by atoms with Gasteiger partial charge >= 0.3 is 17.6 Å². The summed E-state index contributed by atoms with van der Waals surface area (Å²) in [5, 5.41) is 35.4. The van der Waals surface area contributed by atoms with Crippen molar-refractivity contribution in [1.82, 2.24) is 19.1 Å². The molecule has 3 heterocycles. The second-order valence-electron chi connectivity index (χ2n) is 9.70. The van der Waals surface area contributed by atoms with Crippen molar-refractivity contribution in [3.05, 3.63) is 58.9 Å². The third-order valence-electron chi connectivity index (χ3n) is 6.24. The number of carboxylic acids is 2. The molecule has 0 saturated heterocycles. The van der Waals surface area contributed by atoms with Crippen LogP contribution in [0, 0.1) is 0 Å². The van der Waals surface area contributed by atoms with Crippen LogP contribution < -0.4 is 5.69 Å². The first-order chi connectivity index (χ1) is 18.2. The van der Waals surface area contributed by atoms with E-state index < -0.39 is 30.1 Å². The summed E-state index contributed by atoms with van der Waals surface area (Å²) in [6.07, 6.45) is 2.54. The average molecular weight is 541 g/mol. The number of aliphatic carboxylic acids is 2. The van der Waals surface area contributed by atoms with E-state index in [1.165, 1.54) is 0 Å². The van der Waals surface area contributed by atoms with Crippen LogP contribution in [0.3, 0.4) is 0 Å². The number of ether oxygens (including phenoxy) is 1. The van der Waals surface area contributed by atoms with Crippen LogP contribution in [0.25, 0.3) is 33.1 Å². The van der Waals surface area contributed by atoms with Gasteiger partial charge in [0.2, 0.25) is 0 Å². The van der Waals surface area contributed by atoms with Crippen molar-refractivity contribution in [1.29, 1.82) is 0 Å². The molecule has 0 aliphatic heterocycles. The lowest BCUT2D eigenvalue weighted by Crippen LogP contribution is -2.27. The smallest absolute Gasteiger partial charge is 0.333 e. The molecular formula is C27H32N4O8. The highest BCUT2D eigenvalue weighted by Gasteiger charge is 2.19. The molecule has 4 N–H and O–H groups in total. The van der Waals surface area contributed by atoms with Crippen LogP contribution in [0.4, 0.5) is 0 Å². The Morgan fingerprint density at radius 1 is 1.10 bits per heavy atom. The fourth-order valence-corrected chi connectivity index (χ4v) is 3.94. The van der Waals surface area contributed by atoms with E-state index >= 15 is 0 Å². The van der Waals surface area contributed by atoms with Gasteiger partial charge in [-0.1, -0.05) is 6.07 Å². The molecule has 4 rings (SSSR count). The number of imidazole rings is 1. The van der Waals surface area contributed by atoms with Gasteiger partial charge in [-0.25, -0.2) is 9.59 Å². The lowest BCUT2D eigenvalue weighted by molar-refractivity contribution is -0.152. The van der Waals surface area contributed by atoms with E-state index in [4.69, 9.17) is 20.1 Å². The zero-order valence-electron chi connectivity index (χ0n) is 22.3. The van der Waals surface area contributed by atoms with Gasteiger partial charge in [0.25, 0.3) is 0 Å². The van der Waals surface area contributed by atoms with Crippen LogP contribution in [0.15, 0.2) is 47.7 Å². The van der Waals surface area contributed by atoms with Gasteiger partial charge in [0.1, 0.15) is 0 Å². The van der Waals surface area contributed by atoms with Crippen molar-refractivity contribution in [2.24, 2.45) is 7.05 Å². The summed E-state index contributed by atoms with van der Waals surface area (Å²) in [4.78, 5) is 41.2. The monoisotopic (exact) mass is 540 g/mol. The topological polar surface area (TPSA) is 177 Å². The summed E-state index contributed by atoms with van der Waals surface area (Å²) < 4.78 is 8.77. The maximum absolute atomic E-state index is 12.9. The predicted molar refractivity (Wildman–Crippen MR) is 143 cm³/mol. The van der Waals surface area contributed by atoms with Crippen molar-refractivity contribution in [3.63, 3.8) is 0 Å². The zero-order valence-corrected chi connectivity index (χ0v) is 22.3. The molecule has 3 aromatic heterocycles. The number of carboxylic acid groups (broad SMARTS) is 2. The quantitative estimate of drug-likeness (QED) is 0.259. The van der Waals surface area contributed by atoms with Gasteiger partial charge in [0, 0.05) is 43.1 Å². The molecule has 0 amide bonds. The van der Waals surface area contributed by atoms with E-state index in [1.807, 2.05) is 31.2 Å². The fraction of sp³-hybridized carbons (Fsp3) is 0.370. The highest BCUT2D eigenvalue weighted by Crippen LogP contribution is 2.30. The van der Waals surface area contributed by atoms with E-state index in [-0.39, 0.29) is 11.8 Å². The number of aliphatic hydroxyl groups is 2. The highest BCUT2D eigenvalue weighted by atomic mass is 16.5. The molecule has 0 radical (unpaired) electrons. The minimum Gasteiger partial charge on any atom is -0.481 e. The SMILES string of the molecule is CO[C@@H](C)Cn1c(=O)n(C)c2cnc3ccc(-c4cncc(C(C)(C)O)c4)cc3c21.O=C(O)C[C@H](O)C(=O)O. The Morgan fingerprint density at radius 3 is 2.36 bits per heavy atom. The molecule has 0 aliphatic rings. The Hall–Kier alpha value is -4.13. The molecule has 0 aliphatic carbocycles. The summed E-state index contributed by atoms with van der Waals surface area (Å²) in [5.74, 6) is -2.85. The van der Waals surface area contributed by atoms with Crippen LogP contribution in [0.1, 0.15) is 32.8 Å². The molecule has 12 nitrogen and oxygen atoms in total. The van der Waals surface area contributed by atoms with Crippen LogP contribution in [0.2, 0.25) is 0 Å². The third-order valence-corrected chi connectivity index (χ3v) is 6.24. The molecule has 2 atom stereocenters.